The Morgan fingerprint density at radius 1 is 1.39 bits per heavy atom. The van der Waals surface area contributed by atoms with E-state index < -0.39 is 18.8 Å². The molecule has 1 saturated heterocycles. The van der Waals surface area contributed by atoms with E-state index in [0.29, 0.717) is 6.54 Å². The van der Waals surface area contributed by atoms with Crippen LogP contribution in [0.4, 0.5) is 13.2 Å². The Balaban J connectivity index is 2.22. The van der Waals surface area contributed by atoms with Crippen LogP contribution in [0.1, 0.15) is 24.4 Å². The van der Waals surface area contributed by atoms with Crippen LogP contribution in [0.15, 0.2) is 24.5 Å². The summed E-state index contributed by atoms with van der Waals surface area (Å²) in [4.78, 5) is 5.36. The first-order chi connectivity index (χ1) is 8.54. The van der Waals surface area contributed by atoms with Crippen molar-refractivity contribution in [2.45, 2.75) is 31.1 Å². The first kappa shape index (κ1) is 13.3. The number of hydrogen-bond donors (Lipinski definition) is 1. The Labute approximate surface area is 104 Å². The minimum Gasteiger partial charge on any atom is -0.329 e. The van der Waals surface area contributed by atoms with E-state index in [1.54, 1.807) is 24.5 Å². The number of likely N-dealkylation sites (tertiary alicyclic amines) is 1. The van der Waals surface area contributed by atoms with Crippen molar-refractivity contribution < 1.29 is 13.2 Å². The standard InChI is InChI=1S/C12H16F3N3/c13-12(14,15)11(8-16)18-7-1-2-10(18)9-3-5-17-6-4-9/h3-6,10-11H,1-2,7-8,16H2. The summed E-state index contributed by atoms with van der Waals surface area (Å²) in [6.07, 6.45) is 0.439. The van der Waals surface area contributed by atoms with Gasteiger partial charge in [0, 0.05) is 25.0 Å². The highest BCUT2D eigenvalue weighted by molar-refractivity contribution is 5.17. The molecule has 0 radical (unpaired) electrons. The third kappa shape index (κ3) is 2.64. The van der Waals surface area contributed by atoms with Crippen molar-refractivity contribution >= 4 is 0 Å². The van der Waals surface area contributed by atoms with Crippen LogP contribution in [0.2, 0.25) is 0 Å². The van der Waals surface area contributed by atoms with Crippen molar-refractivity contribution in [2.75, 3.05) is 13.1 Å². The summed E-state index contributed by atoms with van der Waals surface area (Å²) in [6, 6.07) is 1.78. The number of pyridine rings is 1. The van der Waals surface area contributed by atoms with E-state index in [2.05, 4.69) is 4.98 Å². The molecule has 0 aromatic carbocycles. The molecular formula is C12H16F3N3. The third-order valence-corrected chi connectivity index (χ3v) is 3.39. The van der Waals surface area contributed by atoms with Crippen molar-refractivity contribution in [2.24, 2.45) is 5.73 Å². The molecule has 6 heteroatoms. The van der Waals surface area contributed by atoms with Gasteiger partial charge < -0.3 is 5.73 Å². The lowest BCUT2D eigenvalue weighted by atomic mass is 10.0. The highest BCUT2D eigenvalue weighted by Gasteiger charge is 2.46. The molecule has 0 aliphatic carbocycles. The predicted molar refractivity (Wildman–Crippen MR) is 61.8 cm³/mol. The fourth-order valence-electron chi connectivity index (χ4n) is 2.56. The number of aromatic nitrogens is 1. The molecule has 0 amide bonds. The van der Waals surface area contributed by atoms with Crippen LogP contribution < -0.4 is 5.73 Å². The lowest BCUT2D eigenvalue weighted by Gasteiger charge is -2.33. The van der Waals surface area contributed by atoms with Crippen molar-refractivity contribution in [3.05, 3.63) is 30.1 Å². The van der Waals surface area contributed by atoms with E-state index in [9.17, 15) is 13.2 Å². The molecule has 2 atom stereocenters. The predicted octanol–water partition coefficient (Wildman–Crippen LogP) is 2.11. The van der Waals surface area contributed by atoms with Gasteiger partial charge >= 0.3 is 6.18 Å². The molecule has 2 heterocycles. The number of nitrogens with zero attached hydrogens (tertiary/aromatic N) is 2. The maximum atomic E-state index is 12.9. The second-order valence-corrected chi connectivity index (χ2v) is 4.47. The van der Waals surface area contributed by atoms with Gasteiger partial charge in [-0.05, 0) is 37.1 Å². The van der Waals surface area contributed by atoms with E-state index in [4.69, 9.17) is 5.73 Å². The number of nitrogens with two attached hydrogens (primary N) is 1. The Bertz CT molecular complexity index is 380. The zero-order valence-corrected chi connectivity index (χ0v) is 9.90. The van der Waals surface area contributed by atoms with E-state index in [0.717, 1.165) is 18.4 Å². The molecule has 1 aromatic heterocycles. The van der Waals surface area contributed by atoms with E-state index in [-0.39, 0.29) is 6.04 Å². The molecule has 1 aliphatic heterocycles. The third-order valence-electron chi connectivity index (χ3n) is 3.39. The maximum absolute atomic E-state index is 12.9. The first-order valence-corrected chi connectivity index (χ1v) is 5.96. The topological polar surface area (TPSA) is 42.1 Å². The molecule has 1 fully saturated rings. The average Bonchev–Trinajstić information content (AvgIpc) is 2.78. The lowest BCUT2D eigenvalue weighted by molar-refractivity contribution is -0.183. The number of halogens is 3. The molecule has 3 nitrogen and oxygen atoms in total. The molecule has 2 unspecified atom stereocenters. The first-order valence-electron chi connectivity index (χ1n) is 5.96. The summed E-state index contributed by atoms with van der Waals surface area (Å²) >= 11 is 0. The molecule has 1 aliphatic rings. The molecule has 18 heavy (non-hydrogen) atoms. The van der Waals surface area contributed by atoms with Gasteiger partial charge in [-0.25, -0.2) is 0 Å². The van der Waals surface area contributed by atoms with Crippen LogP contribution in [0.5, 0.6) is 0 Å². The van der Waals surface area contributed by atoms with Crippen LogP contribution in [0.3, 0.4) is 0 Å². The monoisotopic (exact) mass is 259 g/mol. The molecular weight excluding hydrogens is 243 g/mol. The summed E-state index contributed by atoms with van der Waals surface area (Å²) in [7, 11) is 0. The van der Waals surface area contributed by atoms with Crippen LogP contribution in [0.25, 0.3) is 0 Å². The summed E-state index contributed by atoms with van der Waals surface area (Å²) in [5.41, 5.74) is 6.18. The Morgan fingerprint density at radius 3 is 2.61 bits per heavy atom. The minimum absolute atomic E-state index is 0.205. The van der Waals surface area contributed by atoms with Gasteiger partial charge in [-0.2, -0.15) is 13.2 Å². The molecule has 0 spiro atoms. The van der Waals surface area contributed by atoms with Gasteiger partial charge in [-0.15, -0.1) is 0 Å². The quantitative estimate of drug-likeness (QED) is 0.904. The van der Waals surface area contributed by atoms with Gasteiger partial charge in [0.25, 0.3) is 0 Å². The van der Waals surface area contributed by atoms with Crippen LogP contribution >= 0.6 is 0 Å². The fourth-order valence-corrected chi connectivity index (χ4v) is 2.56. The van der Waals surface area contributed by atoms with E-state index in [1.807, 2.05) is 0 Å². The van der Waals surface area contributed by atoms with Crippen molar-refractivity contribution in [1.29, 1.82) is 0 Å². The van der Waals surface area contributed by atoms with E-state index in [1.165, 1.54) is 4.90 Å². The maximum Gasteiger partial charge on any atom is 0.405 e. The molecule has 1 aromatic rings. The Morgan fingerprint density at radius 2 is 2.06 bits per heavy atom. The van der Waals surface area contributed by atoms with Gasteiger partial charge in [0.05, 0.1) is 0 Å². The van der Waals surface area contributed by atoms with Gasteiger partial charge in [0.1, 0.15) is 6.04 Å². The number of rotatable bonds is 3. The second-order valence-electron chi connectivity index (χ2n) is 4.47. The van der Waals surface area contributed by atoms with Crippen LogP contribution in [-0.2, 0) is 0 Å². The molecule has 0 saturated carbocycles. The highest BCUT2D eigenvalue weighted by Crippen LogP contribution is 2.37. The summed E-state index contributed by atoms with van der Waals surface area (Å²) in [5.74, 6) is 0. The second kappa shape index (κ2) is 5.24. The fraction of sp³-hybridized carbons (Fsp3) is 0.583. The normalized spacial score (nSPS) is 23.2. The van der Waals surface area contributed by atoms with Gasteiger partial charge in [0.2, 0.25) is 0 Å². The Kier molecular flexibility index (Phi) is 3.87. The van der Waals surface area contributed by atoms with Crippen LogP contribution in [0, 0.1) is 0 Å². The lowest BCUT2D eigenvalue weighted by Crippen LogP contribution is -2.49. The zero-order valence-electron chi connectivity index (χ0n) is 9.90. The summed E-state index contributed by atoms with van der Waals surface area (Å²) in [6.45, 7) is 0.0411. The van der Waals surface area contributed by atoms with Crippen molar-refractivity contribution in [3.8, 4) is 0 Å². The highest BCUT2D eigenvalue weighted by atomic mass is 19.4. The van der Waals surface area contributed by atoms with Crippen LogP contribution in [-0.4, -0.2) is 35.2 Å². The van der Waals surface area contributed by atoms with Crippen molar-refractivity contribution in [1.82, 2.24) is 9.88 Å². The van der Waals surface area contributed by atoms with E-state index >= 15 is 0 Å². The number of hydrogen-bond acceptors (Lipinski definition) is 3. The SMILES string of the molecule is NCC(N1CCCC1c1ccncc1)C(F)(F)F. The largest absolute Gasteiger partial charge is 0.405 e. The van der Waals surface area contributed by atoms with Gasteiger partial charge in [-0.3, -0.25) is 9.88 Å². The van der Waals surface area contributed by atoms with Gasteiger partial charge in [0.15, 0.2) is 0 Å². The summed E-state index contributed by atoms with van der Waals surface area (Å²) < 4.78 is 38.8. The number of alkyl halides is 3. The average molecular weight is 259 g/mol. The Hall–Kier alpha value is -1.14. The summed E-state index contributed by atoms with van der Waals surface area (Å²) in [5, 5.41) is 0. The zero-order chi connectivity index (χ0) is 13.2. The molecule has 2 N–H and O–H groups in total. The van der Waals surface area contributed by atoms with Crippen molar-refractivity contribution in [3.63, 3.8) is 0 Å². The van der Waals surface area contributed by atoms with Gasteiger partial charge in [-0.1, -0.05) is 0 Å². The minimum atomic E-state index is -4.27. The molecule has 2 rings (SSSR count). The molecule has 0 bridgehead atoms. The molecule has 100 valence electrons. The smallest absolute Gasteiger partial charge is 0.329 e.